The largest absolute Gasteiger partial charge is 0.311 e. The summed E-state index contributed by atoms with van der Waals surface area (Å²) in [5, 5.41) is 3.88. The molecule has 112 valence electrons. The van der Waals surface area contributed by atoms with E-state index in [4.69, 9.17) is 0 Å². The van der Waals surface area contributed by atoms with Crippen molar-refractivity contribution in [3.8, 4) is 0 Å². The molecule has 1 aromatic rings. The zero-order chi connectivity index (χ0) is 14.4. The van der Waals surface area contributed by atoms with Crippen molar-refractivity contribution in [2.24, 2.45) is 5.92 Å². The molecule has 0 spiro atoms. The normalized spacial score (nSPS) is 25.1. The first-order valence-corrected chi connectivity index (χ1v) is 8.49. The molecule has 1 N–H and O–H groups in total. The second-order valence-electron chi connectivity index (χ2n) is 6.68. The zero-order valence-electron chi connectivity index (χ0n) is 13.5. The Morgan fingerprint density at radius 3 is 2.70 bits per heavy atom. The maximum absolute atomic E-state index is 3.88. The Balaban J connectivity index is 1.82. The van der Waals surface area contributed by atoms with E-state index >= 15 is 0 Å². The lowest BCUT2D eigenvalue weighted by molar-refractivity contribution is 0.393. The minimum absolute atomic E-state index is 0.583. The van der Waals surface area contributed by atoms with Crippen molar-refractivity contribution in [2.45, 2.75) is 77.8 Å². The lowest BCUT2D eigenvalue weighted by Gasteiger charge is -2.23. The monoisotopic (exact) mass is 273 g/mol. The van der Waals surface area contributed by atoms with E-state index in [1.807, 2.05) is 0 Å². The lowest BCUT2D eigenvalue weighted by Crippen LogP contribution is -2.37. The molecule has 0 bridgehead atoms. The van der Waals surface area contributed by atoms with Gasteiger partial charge in [-0.25, -0.2) is 0 Å². The van der Waals surface area contributed by atoms with Gasteiger partial charge < -0.3 is 5.32 Å². The average Bonchev–Trinajstić information content (AvgIpc) is 2.66. The smallest absolute Gasteiger partial charge is 0.00818 e. The van der Waals surface area contributed by atoms with Gasteiger partial charge in [0.15, 0.2) is 0 Å². The SMILES string of the molecule is CCC1CCCC(NC(C)Cc2ccccc2C)CC1. The Kier molecular flexibility index (Phi) is 6.09. The molecule has 1 aromatic carbocycles. The highest BCUT2D eigenvalue weighted by Crippen LogP contribution is 2.25. The summed E-state index contributed by atoms with van der Waals surface area (Å²) in [6.07, 6.45) is 9.54. The third-order valence-corrected chi connectivity index (χ3v) is 4.97. The summed E-state index contributed by atoms with van der Waals surface area (Å²) < 4.78 is 0. The molecule has 0 heterocycles. The summed E-state index contributed by atoms with van der Waals surface area (Å²) >= 11 is 0. The predicted molar refractivity (Wildman–Crippen MR) is 88.1 cm³/mol. The van der Waals surface area contributed by atoms with E-state index in [2.05, 4.69) is 50.4 Å². The first-order valence-electron chi connectivity index (χ1n) is 8.49. The fourth-order valence-corrected chi connectivity index (χ4v) is 3.58. The second kappa shape index (κ2) is 7.83. The molecule has 1 aliphatic carbocycles. The number of aryl methyl sites for hydroxylation is 1. The van der Waals surface area contributed by atoms with Gasteiger partial charge in [-0.15, -0.1) is 0 Å². The van der Waals surface area contributed by atoms with Gasteiger partial charge in [0, 0.05) is 12.1 Å². The summed E-state index contributed by atoms with van der Waals surface area (Å²) in [6, 6.07) is 10.1. The number of nitrogens with one attached hydrogen (secondary N) is 1. The van der Waals surface area contributed by atoms with Crippen LogP contribution in [-0.4, -0.2) is 12.1 Å². The predicted octanol–water partition coefficient (Wildman–Crippen LogP) is 4.87. The first kappa shape index (κ1) is 15.6. The van der Waals surface area contributed by atoms with Crippen LogP contribution in [0.15, 0.2) is 24.3 Å². The number of hydrogen-bond donors (Lipinski definition) is 1. The molecular formula is C19H31N. The Bertz CT molecular complexity index is 399. The number of hydrogen-bond acceptors (Lipinski definition) is 1. The zero-order valence-corrected chi connectivity index (χ0v) is 13.5. The van der Waals surface area contributed by atoms with E-state index < -0.39 is 0 Å². The standard InChI is InChI=1S/C19H31N/c1-4-17-9-7-11-19(13-12-17)20-16(3)14-18-10-6-5-8-15(18)2/h5-6,8,10,16-17,19-20H,4,7,9,11-14H2,1-3H3. The van der Waals surface area contributed by atoms with Crippen molar-refractivity contribution in [1.29, 1.82) is 0 Å². The Morgan fingerprint density at radius 2 is 1.95 bits per heavy atom. The quantitative estimate of drug-likeness (QED) is 0.754. The van der Waals surface area contributed by atoms with Gasteiger partial charge in [-0.2, -0.15) is 0 Å². The molecule has 0 saturated heterocycles. The maximum atomic E-state index is 3.88. The highest BCUT2D eigenvalue weighted by atomic mass is 14.9. The first-order chi connectivity index (χ1) is 9.69. The molecule has 3 unspecified atom stereocenters. The van der Waals surface area contributed by atoms with E-state index in [0.717, 1.165) is 18.4 Å². The molecule has 0 aromatic heterocycles. The molecule has 2 rings (SSSR count). The van der Waals surface area contributed by atoms with E-state index in [-0.39, 0.29) is 0 Å². The van der Waals surface area contributed by atoms with Gasteiger partial charge in [0.2, 0.25) is 0 Å². The van der Waals surface area contributed by atoms with Gasteiger partial charge in [-0.3, -0.25) is 0 Å². The third-order valence-electron chi connectivity index (χ3n) is 4.97. The van der Waals surface area contributed by atoms with Crippen LogP contribution in [0.3, 0.4) is 0 Å². The van der Waals surface area contributed by atoms with Crippen LogP contribution < -0.4 is 5.32 Å². The average molecular weight is 273 g/mol. The molecule has 1 heteroatoms. The molecule has 20 heavy (non-hydrogen) atoms. The van der Waals surface area contributed by atoms with E-state index in [1.54, 1.807) is 0 Å². The second-order valence-corrected chi connectivity index (χ2v) is 6.68. The minimum atomic E-state index is 0.583. The molecule has 1 fully saturated rings. The van der Waals surface area contributed by atoms with Crippen molar-refractivity contribution in [3.05, 3.63) is 35.4 Å². The fraction of sp³-hybridized carbons (Fsp3) is 0.684. The van der Waals surface area contributed by atoms with Crippen LogP contribution in [0.25, 0.3) is 0 Å². The van der Waals surface area contributed by atoms with Crippen molar-refractivity contribution in [1.82, 2.24) is 5.32 Å². The third kappa shape index (κ3) is 4.63. The molecule has 1 aliphatic rings. The molecule has 0 radical (unpaired) electrons. The van der Waals surface area contributed by atoms with E-state index in [1.165, 1.54) is 49.7 Å². The highest BCUT2D eigenvalue weighted by Gasteiger charge is 2.19. The number of rotatable bonds is 5. The van der Waals surface area contributed by atoms with Crippen LogP contribution in [0.4, 0.5) is 0 Å². The molecule has 3 atom stereocenters. The van der Waals surface area contributed by atoms with E-state index in [9.17, 15) is 0 Å². The van der Waals surface area contributed by atoms with Crippen LogP contribution in [0, 0.1) is 12.8 Å². The summed E-state index contributed by atoms with van der Waals surface area (Å²) in [4.78, 5) is 0. The van der Waals surface area contributed by atoms with Crippen LogP contribution >= 0.6 is 0 Å². The van der Waals surface area contributed by atoms with Crippen molar-refractivity contribution in [2.75, 3.05) is 0 Å². The Labute approximate surface area is 125 Å². The molecule has 0 amide bonds. The molecule has 1 saturated carbocycles. The van der Waals surface area contributed by atoms with Crippen LogP contribution in [0.1, 0.15) is 63.5 Å². The molecule has 1 nitrogen and oxygen atoms in total. The van der Waals surface area contributed by atoms with Gasteiger partial charge >= 0.3 is 0 Å². The molecular weight excluding hydrogens is 242 g/mol. The van der Waals surface area contributed by atoms with Crippen molar-refractivity contribution < 1.29 is 0 Å². The van der Waals surface area contributed by atoms with E-state index in [0.29, 0.717) is 6.04 Å². The van der Waals surface area contributed by atoms with Gasteiger partial charge in [0.1, 0.15) is 0 Å². The summed E-state index contributed by atoms with van der Waals surface area (Å²) in [7, 11) is 0. The summed E-state index contributed by atoms with van der Waals surface area (Å²) in [6.45, 7) is 6.91. The summed E-state index contributed by atoms with van der Waals surface area (Å²) in [5.74, 6) is 0.980. The Morgan fingerprint density at radius 1 is 1.15 bits per heavy atom. The Hall–Kier alpha value is -0.820. The van der Waals surface area contributed by atoms with Crippen LogP contribution in [-0.2, 0) is 6.42 Å². The van der Waals surface area contributed by atoms with Gasteiger partial charge in [0.25, 0.3) is 0 Å². The minimum Gasteiger partial charge on any atom is -0.311 e. The lowest BCUT2D eigenvalue weighted by atomic mass is 9.97. The highest BCUT2D eigenvalue weighted by molar-refractivity contribution is 5.26. The van der Waals surface area contributed by atoms with Crippen molar-refractivity contribution in [3.63, 3.8) is 0 Å². The van der Waals surface area contributed by atoms with Gasteiger partial charge in [0.05, 0.1) is 0 Å². The van der Waals surface area contributed by atoms with Crippen LogP contribution in [0.2, 0.25) is 0 Å². The van der Waals surface area contributed by atoms with Gasteiger partial charge in [-0.05, 0) is 56.6 Å². The summed E-state index contributed by atoms with van der Waals surface area (Å²) in [5.41, 5.74) is 2.92. The molecule has 0 aliphatic heterocycles. The van der Waals surface area contributed by atoms with Crippen molar-refractivity contribution >= 4 is 0 Å². The van der Waals surface area contributed by atoms with Gasteiger partial charge in [-0.1, -0.05) is 50.5 Å². The topological polar surface area (TPSA) is 12.0 Å². The number of benzene rings is 1. The fourth-order valence-electron chi connectivity index (χ4n) is 3.58. The van der Waals surface area contributed by atoms with Crippen LogP contribution in [0.5, 0.6) is 0 Å². The maximum Gasteiger partial charge on any atom is 0.00818 e.